The van der Waals surface area contributed by atoms with Crippen LogP contribution in [0.15, 0.2) is 41.2 Å². The average molecular weight is 851 g/mol. The summed E-state index contributed by atoms with van der Waals surface area (Å²) in [6, 6.07) is -0.100. The zero-order valence-electron chi connectivity index (χ0n) is 37.1. The van der Waals surface area contributed by atoms with Gasteiger partial charge in [-0.05, 0) is 40.8 Å². The number of hydrazone groups is 1. The van der Waals surface area contributed by atoms with E-state index in [1.165, 1.54) is 59.4 Å². The first-order chi connectivity index (χ1) is 28.6. The van der Waals surface area contributed by atoms with Crippen LogP contribution in [0.2, 0.25) is 0 Å². The molecule has 4 aliphatic heterocycles. The Bertz CT molecular complexity index is 2140. The number of anilines is 1. The minimum absolute atomic E-state index is 0.0501. The van der Waals surface area contributed by atoms with Crippen LogP contribution in [0.5, 0.6) is 23.0 Å². The van der Waals surface area contributed by atoms with Crippen molar-refractivity contribution in [3.05, 3.63) is 52.8 Å². The zero-order valence-corrected chi connectivity index (χ0v) is 37.1. The molecule has 11 atom stereocenters. The van der Waals surface area contributed by atoms with E-state index < -0.39 is 88.8 Å². The number of aliphatic hydroxyl groups is 2. The fourth-order valence-corrected chi connectivity index (χ4v) is 8.80. The molecule has 11 unspecified atom stereocenters. The number of carbonyl (C=O) groups is 3. The number of fused-ring (bicyclic) bond motifs is 14. The van der Waals surface area contributed by atoms with Crippen LogP contribution in [-0.2, 0) is 23.8 Å². The Kier molecular flexibility index (Phi) is 14.2. The summed E-state index contributed by atoms with van der Waals surface area (Å²) < 4.78 is 23.7. The van der Waals surface area contributed by atoms with Gasteiger partial charge in [0.15, 0.2) is 5.75 Å². The van der Waals surface area contributed by atoms with Gasteiger partial charge in [0.25, 0.3) is 11.7 Å². The van der Waals surface area contributed by atoms with Crippen LogP contribution in [0.25, 0.3) is 10.8 Å². The molecule has 1 amide bonds. The zero-order chi connectivity index (χ0) is 45.4. The van der Waals surface area contributed by atoms with Crippen LogP contribution in [0.4, 0.5) is 5.69 Å². The number of hydrogen-bond acceptors (Lipinski definition) is 15. The third-order valence-corrected chi connectivity index (χ3v) is 12.4. The van der Waals surface area contributed by atoms with E-state index in [1.54, 1.807) is 39.8 Å². The molecule has 6 N–H and O–H groups in total. The maximum atomic E-state index is 14.5. The van der Waals surface area contributed by atoms with Crippen molar-refractivity contribution in [2.75, 3.05) is 32.6 Å². The normalized spacial score (nSPS) is 33.9. The second-order valence-electron chi connectivity index (χ2n) is 17.2. The predicted octanol–water partition coefficient (Wildman–Crippen LogP) is 5.11. The second kappa shape index (κ2) is 18.4. The quantitative estimate of drug-likeness (QED) is 0.102. The molecule has 5 bridgehead atoms. The number of ether oxygens (including phenoxy) is 4. The molecule has 4 heterocycles. The summed E-state index contributed by atoms with van der Waals surface area (Å²) >= 11 is 0. The molecule has 0 aliphatic carbocycles. The van der Waals surface area contributed by atoms with Gasteiger partial charge in [-0.3, -0.25) is 19.4 Å². The van der Waals surface area contributed by atoms with Crippen molar-refractivity contribution in [2.24, 2.45) is 28.8 Å². The van der Waals surface area contributed by atoms with Crippen molar-refractivity contribution in [1.29, 1.82) is 0 Å². The molecule has 334 valence electrons. The minimum Gasteiger partial charge on any atom is -0.507 e. The van der Waals surface area contributed by atoms with Crippen molar-refractivity contribution < 1.29 is 58.9 Å². The summed E-state index contributed by atoms with van der Waals surface area (Å²) in [5.74, 6) is -8.39. The van der Waals surface area contributed by atoms with Crippen LogP contribution in [0.1, 0.15) is 83.8 Å². The van der Waals surface area contributed by atoms with Crippen molar-refractivity contribution >= 4 is 40.3 Å². The number of hydrogen-bond donors (Lipinski definition) is 6. The molecule has 6 rings (SSSR count). The van der Waals surface area contributed by atoms with E-state index in [4.69, 9.17) is 24.0 Å². The molecule has 16 heteroatoms. The van der Waals surface area contributed by atoms with Gasteiger partial charge in [-0.1, -0.05) is 45.9 Å². The number of rotatable bonds is 4. The van der Waals surface area contributed by atoms with Crippen molar-refractivity contribution in [3.63, 3.8) is 0 Å². The van der Waals surface area contributed by atoms with E-state index in [0.717, 1.165) is 0 Å². The number of allylic oxidation sites excluding steroid dienone is 2. The smallest absolute Gasteiger partial charge is 0.312 e. The summed E-state index contributed by atoms with van der Waals surface area (Å²) in [6.07, 6.45) is 4.88. The average Bonchev–Trinajstić information content (AvgIpc) is 3.46. The Hall–Kier alpha value is -5.16. The first-order valence-corrected chi connectivity index (χ1v) is 20.6. The van der Waals surface area contributed by atoms with Crippen molar-refractivity contribution in [3.8, 4) is 23.0 Å². The third kappa shape index (κ3) is 9.08. The van der Waals surface area contributed by atoms with Crippen molar-refractivity contribution in [1.82, 2.24) is 9.91 Å². The molecular formula is C45H62N4O12. The largest absolute Gasteiger partial charge is 0.507 e. The van der Waals surface area contributed by atoms with E-state index in [9.17, 15) is 39.9 Å². The summed E-state index contributed by atoms with van der Waals surface area (Å²) in [6.45, 7) is 17.9. The number of Topliss-reactive ketones (excluding diaryl/α,β-unsaturated/α-hetero) is 1. The number of likely N-dealkylation sites (N-methyl/N-ethyl adjacent to an activating group) is 1. The summed E-state index contributed by atoms with van der Waals surface area (Å²) in [4.78, 5) is 42.9. The number of piperazine rings is 1. The lowest BCUT2D eigenvalue weighted by molar-refractivity contribution is -0.160. The fraction of sp³-hybridized carbons (Fsp3) is 0.556. The maximum absolute atomic E-state index is 14.5. The van der Waals surface area contributed by atoms with Crippen molar-refractivity contribution in [2.45, 2.75) is 112 Å². The number of carbonyl (C=O) groups excluding carboxylic acids is 3. The number of aliphatic hydroxyl groups excluding tert-OH is 2. The van der Waals surface area contributed by atoms with Crippen LogP contribution in [-0.4, -0.2) is 129 Å². The van der Waals surface area contributed by atoms with E-state index in [1.807, 2.05) is 25.9 Å². The minimum atomic E-state index is -2.05. The lowest BCUT2D eigenvalue weighted by Crippen LogP contribution is -2.53. The molecular weight excluding hydrogens is 789 g/mol. The van der Waals surface area contributed by atoms with E-state index in [2.05, 4.69) is 10.2 Å². The van der Waals surface area contributed by atoms with Crippen LogP contribution in [0.3, 0.4) is 0 Å². The number of amides is 1. The monoisotopic (exact) mass is 850 g/mol. The number of phenols is 3. The fourth-order valence-electron chi connectivity index (χ4n) is 8.80. The second-order valence-corrected chi connectivity index (χ2v) is 17.2. The molecule has 0 spiro atoms. The molecule has 61 heavy (non-hydrogen) atoms. The first kappa shape index (κ1) is 46.9. The number of nitrogens with zero attached hydrogens (tertiary/aromatic N) is 3. The molecule has 1 fully saturated rings. The van der Waals surface area contributed by atoms with Gasteiger partial charge in [-0.2, -0.15) is 5.10 Å². The standard InChI is InChI=1S/C45H62N4O12/c1-21-14-13-15-22(2)44(57)47-35-30(18-46-49-23(3)19-48(11)20-24(49)4)39(54)32-33(40(35)55)38(53)28(8)42-34(32)43(56)45(10,61-42)59-17-16-31(58-12)25(5)41(60-29(9)50)27(7)37(52)26(6)36(21)51/h13-18,21,23-27,31,36-37,41,51-55H,19-20H2,1-12H3,(H,47,57)/b14-13+,17-16+,22-15+,46-18-. The van der Waals surface area contributed by atoms with E-state index in [0.29, 0.717) is 13.1 Å². The molecule has 4 aliphatic rings. The number of phenolic OH excluding ortho intramolecular Hbond substituents is 3. The molecule has 0 radical (unpaired) electrons. The highest BCUT2D eigenvalue weighted by Crippen LogP contribution is 2.55. The number of benzene rings is 2. The summed E-state index contributed by atoms with van der Waals surface area (Å²) in [5, 5.41) is 67.5. The molecule has 1 saturated heterocycles. The van der Waals surface area contributed by atoms with E-state index >= 15 is 0 Å². The molecule has 0 aromatic heterocycles. The Morgan fingerprint density at radius 2 is 1.57 bits per heavy atom. The lowest BCUT2D eigenvalue weighted by atomic mass is 9.78. The van der Waals surface area contributed by atoms with Crippen LogP contribution < -0.4 is 10.1 Å². The topological polar surface area (TPSA) is 220 Å². The van der Waals surface area contributed by atoms with Gasteiger partial charge < -0.3 is 54.7 Å². The number of esters is 1. The summed E-state index contributed by atoms with van der Waals surface area (Å²) in [5.41, 5.74) is -0.367. The lowest BCUT2D eigenvalue weighted by Gasteiger charge is -2.41. The van der Waals surface area contributed by atoms with Gasteiger partial charge >= 0.3 is 11.8 Å². The van der Waals surface area contributed by atoms with Crippen LogP contribution in [0, 0.1) is 30.6 Å². The SMILES string of the molecule is COC1/C=C/OC2(C)Oc3c(C)c(O)c4c(O)c(c(/C=N\N5C(C)CN(C)CC5C)c(O)c4c3C2=O)NC(=O)/C(C)=C/C=C/C(C)C(O)C(C)C(O)C(C)C(OC(C)=O)C1C. The highest BCUT2D eigenvalue weighted by atomic mass is 16.7. The van der Waals surface area contributed by atoms with Gasteiger partial charge in [0.05, 0.1) is 65.1 Å². The van der Waals surface area contributed by atoms with Gasteiger partial charge in [0, 0.05) is 74.2 Å². The predicted molar refractivity (Wildman–Crippen MR) is 230 cm³/mol. The Balaban J connectivity index is 1.73. The number of nitrogens with one attached hydrogen (secondary N) is 1. The van der Waals surface area contributed by atoms with Gasteiger partial charge in [-0.15, -0.1) is 0 Å². The van der Waals surface area contributed by atoms with Gasteiger partial charge in [0.2, 0.25) is 0 Å². The Morgan fingerprint density at radius 1 is 0.934 bits per heavy atom. The maximum Gasteiger partial charge on any atom is 0.312 e. The van der Waals surface area contributed by atoms with Crippen LogP contribution >= 0.6 is 0 Å². The number of methoxy groups -OCH3 is 1. The van der Waals surface area contributed by atoms with Gasteiger partial charge in [-0.25, -0.2) is 0 Å². The Morgan fingerprint density at radius 3 is 2.18 bits per heavy atom. The Labute approximate surface area is 357 Å². The molecule has 2 aromatic carbocycles. The van der Waals surface area contributed by atoms with E-state index in [-0.39, 0.29) is 56.6 Å². The third-order valence-electron chi connectivity index (χ3n) is 12.4. The number of ketones is 1. The summed E-state index contributed by atoms with van der Waals surface area (Å²) in [7, 11) is 3.44. The molecule has 16 nitrogen and oxygen atoms in total. The highest BCUT2D eigenvalue weighted by molar-refractivity contribution is 6.23. The highest BCUT2D eigenvalue weighted by Gasteiger charge is 2.50. The number of aromatic hydroxyl groups is 3. The van der Waals surface area contributed by atoms with Gasteiger partial charge in [0.1, 0.15) is 23.4 Å². The molecule has 0 saturated carbocycles. The molecule has 2 aromatic rings. The first-order valence-electron chi connectivity index (χ1n) is 20.6.